The van der Waals surface area contributed by atoms with E-state index < -0.39 is 41.3 Å². The largest absolute Gasteiger partial charge is 0.482 e. The van der Waals surface area contributed by atoms with Gasteiger partial charge < -0.3 is 24.4 Å². The van der Waals surface area contributed by atoms with E-state index in [0.29, 0.717) is 16.1 Å². The van der Waals surface area contributed by atoms with Gasteiger partial charge in [0.05, 0.1) is 17.7 Å². The second-order valence-electron chi connectivity index (χ2n) is 10.9. The highest BCUT2D eigenvalue weighted by atomic mass is 35.5. The van der Waals surface area contributed by atoms with Crippen LogP contribution in [0.4, 0.5) is 8.78 Å². The molecule has 0 bridgehead atoms. The van der Waals surface area contributed by atoms with Crippen molar-refractivity contribution in [2.24, 2.45) is 0 Å². The smallest absolute Gasteiger partial charge is 0.341 e. The number of alkyl halides is 1. The standard InChI is InChI=1S/C32H31Cl2F2NO7/c1-3-31(41,30(36)10-12-43-13-11-30)21-14-24-28(25(35)15-21)32(42-2,20-5-8-22(33)9-6-20)37(29(24)40)17-19-4-7-23(34)16-26(19)44-18-27(38)39/h4-9,14-16,41H,3,10-13,17-18H2,1-2H3,(H,38,39)/t31?,32-/m1/s1. The lowest BCUT2D eigenvalue weighted by Gasteiger charge is -2.44. The van der Waals surface area contributed by atoms with E-state index in [9.17, 15) is 19.8 Å². The van der Waals surface area contributed by atoms with Crippen molar-refractivity contribution in [2.75, 3.05) is 26.9 Å². The van der Waals surface area contributed by atoms with Crippen molar-refractivity contribution in [3.8, 4) is 5.75 Å². The third-order valence-corrected chi connectivity index (χ3v) is 9.03. The van der Waals surface area contributed by atoms with Crippen LogP contribution < -0.4 is 4.74 Å². The second kappa shape index (κ2) is 12.3. The molecule has 2 N–H and O–H groups in total. The molecule has 3 aromatic rings. The van der Waals surface area contributed by atoms with Crippen molar-refractivity contribution >= 4 is 35.1 Å². The fourth-order valence-electron chi connectivity index (χ4n) is 6.26. The number of carbonyl (C=O) groups is 2. The third-order valence-electron chi connectivity index (χ3n) is 8.54. The molecule has 2 heterocycles. The highest BCUT2D eigenvalue weighted by molar-refractivity contribution is 6.31. The lowest BCUT2D eigenvalue weighted by atomic mass is 9.72. The maximum Gasteiger partial charge on any atom is 0.341 e. The zero-order valence-corrected chi connectivity index (χ0v) is 25.6. The number of amides is 1. The average molecular weight is 651 g/mol. The number of hydrogen-bond acceptors (Lipinski definition) is 6. The van der Waals surface area contributed by atoms with Gasteiger partial charge in [0.1, 0.15) is 22.8 Å². The molecule has 234 valence electrons. The van der Waals surface area contributed by atoms with E-state index in [1.165, 1.54) is 24.1 Å². The van der Waals surface area contributed by atoms with Crippen LogP contribution in [0.1, 0.15) is 58.8 Å². The summed E-state index contributed by atoms with van der Waals surface area (Å²) in [6.07, 6.45) is -0.279. The van der Waals surface area contributed by atoms with Crippen LogP contribution in [-0.2, 0) is 32.1 Å². The molecule has 44 heavy (non-hydrogen) atoms. The first-order valence-electron chi connectivity index (χ1n) is 14.0. The van der Waals surface area contributed by atoms with Crippen molar-refractivity contribution in [1.29, 1.82) is 0 Å². The van der Waals surface area contributed by atoms with Crippen LogP contribution in [0.2, 0.25) is 10.0 Å². The van der Waals surface area contributed by atoms with Gasteiger partial charge in [-0.05, 0) is 48.4 Å². The zero-order valence-electron chi connectivity index (χ0n) is 24.0. The SMILES string of the molecule is CCC(O)(c1cc(F)c2c(c1)C(=O)N(Cc1ccc(Cl)cc1OCC(=O)O)[C@@]2(OC)c1ccc(Cl)cc1)C1(F)CCOCC1. The van der Waals surface area contributed by atoms with Gasteiger partial charge in [0.15, 0.2) is 12.3 Å². The van der Waals surface area contributed by atoms with E-state index in [0.717, 1.165) is 6.07 Å². The van der Waals surface area contributed by atoms with Crippen LogP contribution in [0, 0.1) is 5.82 Å². The van der Waals surface area contributed by atoms with E-state index in [1.807, 2.05) is 0 Å². The highest BCUT2D eigenvalue weighted by Gasteiger charge is 2.57. The second-order valence-corrected chi connectivity index (χ2v) is 11.7. The van der Waals surface area contributed by atoms with Crippen LogP contribution >= 0.6 is 23.2 Å². The fourth-order valence-corrected chi connectivity index (χ4v) is 6.55. The summed E-state index contributed by atoms with van der Waals surface area (Å²) in [6, 6.07) is 13.2. The molecule has 1 saturated heterocycles. The highest BCUT2D eigenvalue weighted by Crippen LogP contribution is 2.51. The molecular weight excluding hydrogens is 619 g/mol. The predicted octanol–water partition coefficient (Wildman–Crippen LogP) is 6.22. The third kappa shape index (κ3) is 5.32. The molecule has 0 spiro atoms. The molecule has 0 radical (unpaired) electrons. The molecule has 1 fully saturated rings. The minimum Gasteiger partial charge on any atom is -0.482 e. The molecule has 1 unspecified atom stereocenters. The summed E-state index contributed by atoms with van der Waals surface area (Å²) in [6.45, 7) is 0.888. The van der Waals surface area contributed by atoms with E-state index in [1.54, 1.807) is 43.3 Å². The summed E-state index contributed by atoms with van der Waals surface area (Å²) in [4.78, 5) is 26.8. The molecular formula is C32H31Cl2F2NO7. The maximum absolute atomic E-state index is 16.5. The number of carboxylic acid groups (broad SMARTS) is 1. The van der Waals surface area contributed by atoms with Gasteiger partial charge in [0.25, 0.3) is 5.91 Å². The summed E-state index contributed by atoms with van der Waals surface area (Å²) >= 11 is 12.3. The normalized spacial score (nSPS) is 20.7. The minimum atomic E-state index is -2.11. The Balaban J connectivity index is 1.70. The van der Waals surface area contributed by atoms with Crippen LogP contribution in [0.25, 0.3) is 0 Å². The molecule has 2 atom stereocenters. The summed E-state index contributed by atoms with van der Waals surface area (Å²) < 4.78 is 49.7. The lowest BCUT2D eigenvalue weighted by molar-refractivity contribution is -0.155. The average Bonchev–Trinajstić information content (AvgIpc) is 3.25. The number of carboxylic acids is 1. The summed E-state index contributed by atoms with van der Waals surface area (Å²) in [5.41, 5.74) is -5.66. The fraction of sp³-hybridized carbons (Fsp3) is 0.375. The van der Waals surface area contributed by atoms with E-state index in [2.05, 4.69) is 0 Å². The van der Waals surface area contributed by atoms with Crippen LogP contribution in [0.3, 0.4) is 0 Å². The summed E-state index contributed by atoms with van der Waals surface area (Å²) in [7, 11) is 1.32. The van der Waals surface area contributed by atoms with Crippen LogP contribution in [0.5, 0.6) is 5.75 Å². The van der Waals surface area contributed by atoms with Crippen molar-refractivity contribution in [3.05, 3.63) is 98.3 Å². The molecule has 2 aliphatic rings. The van der Waals surface area contributed by atoms with Crippen LogP contribution in [-0.4, -0.2) is 59.6 Å². The van der Waals surface area contributed by atoms with Crippen molar-refractivity contribution in [3.63, 3.8) is 0 Å². The molecule has 0 aliphatic carbocycles. The predicted molar refractivity (Wildman–Crippen MR) is 158 cm³/mol. The molecule has 0 saturated carbocycles. The van der Waals surface area contributed by atoms with E-state index in [4.69, 9.17) is 37.4 Å². The maximum atomic E-state index is 16.5. The first-order chi connectivity index (χ1) is 20.9. The Labute approximate surface area is 263 Å². The number of benzene rings is 3. The van der Waals surface area contributed by atoms with Gasteiger partial charge in [-0.2, -0.15) is 0 Å². The number of fused-ring (bicyclic) bond motifs is 1. The topological polar surface area (TPSA) is 106 Å². The number of aliphatic carboxylic acids is 1. The van der Waals surface area contributed by atoms with Gasteiger partial charge in [-0.15, -0.1) is 0 Å². The van der Waals surface area contributed by atoms with Crippen molar-refractivity contribution < 1.29 is 42.8 Å². The number of halogens is 4. The summed E-state index contributed by atoms with van der Waals surface area (Å²) in [5.74, 6) is -2.67. The zero-order chi connectivity index (χ0) is 31.9. The molecule has 2 aliphatic heterocycles. The Kier molecular flexibility index (Phi) is 8.94. The lowest BCUT2D eigenvalue weighted by Crippen LogP contribution is -2.51. The minimum absolute atomic E-state index is 0.0751. The van der Waals surface area contributed by atoms with Gasteiger partial charge in [0, 0.05) is 54.3 Å². The molecule has 0 aromatic heterocycles. The number of aliphatic hydroxyl groups is 1. The van der Waals surface area contributed by atoms with Gasteiger partial charge in [-0.1, -0.05) is 48.3 Å². The Hall–Kier alpha value is -3.28. The number of methoxy groups -OCH3 is 1. The number of ether oxygens (including phenoxy) is 3. The Bertz CT molecular complexity index is 1580. The molecule has 1 amide bonds. The molecule has 12 heteroatoms. The Morgan fingerprint density at radius 2 is 1.75 bits per heavy atom. The molecule has 3 aromatic carbocycles. The first kappa shape index (κ1) is 32.1. The molecule has 8 nitrogen and oxygen atoms in total. The number of rotatable bonds is 10. The monoisotopic (exact) mass is 649 g/mol. The van der Waals surface area contributed by atoms with Gasteiger partial charge in [-0.25, -0.2) is 13.6 Å². The Morgan fingerprint density at radius 1 is 1.09 bits per heavy atom. The van der Waals surface area contributed by atoms with Gasteiger partial charge >= 0.3 is 5.97 Å². The number of carbonyl (C=O) groups excluding carboxylic acids is 1. The van der Waals surface area contributed by atoms with Gasteiger partial charge in [0.2, 0.25) is 0 Å². The molecule has 5 rings (SSSR count). The van der Waals surface area contributed by atoms with Gasteiger partial charge in [-0.3, -0.25) is 9.69 Å². The number of hydrogen-bond donors (Lipinski definition) is 2. The first-order valence-corrected chi connectivity index (χ1v) is 14.8. The Morgan fingerprint density at radius 3 is 2.36 bits per heavy atom. The van der Waals surface area contributed by atoms with Crippen LogP contribution in [0.15, 0.2) is 54.6 Å². The quantitative estimate of drug-likeness (QED) is 0.269. The van der Waals surface area contributed by atoms with Crippen molar-refractivity contribution in [2.45, 2.75) is 49.7 Å². The summed E-state index contributed by atoms with van der Waals surface area (Å²) in [5, 5.41) is 21.6. The number of nitrogens with zero attached hydrogens (tertiary/aromatic N) is 1. The van der Waals surface area contributed by atoms with E-state index >= 15 is 8.78 Å². The van der Waals surface area contributed by atoms with Crippen molar-refractivity contribution in [1.82, 2.24) is 4.90 Å². The van der Waals surface area contributed by atoms with E-state index in [-0.39, 0.29) is 66.5 Å².